The number of H-pyrrole nitrogens is 1. The molecule has 0 bridgehead atoms. The van der Waals surface area contributed by atoms with Crippen LogP contribution < -0.4 is 10.9 Å². The Bertz CT molecular complexity index is 1460. The third kappa shape index (κ3) is 5.62. The lowest BCUT2D eigenvalue weighted by atomic mass is 9.76. The maximum atomic E-state index is 14.0. The molecule has 1 aliphatic carbocycles. The molecule has 1 saturated carbocycles. The number of carbonyl (C=O) groups excluding carboxylic acids is 2. The zero-order valence-electron chi connectivity index (χ0n) is 21.6. The van der Waals surface area contributed by atoms with Crippen molar-refractivity contribution in [2.24, 2.45) is 0 Å². The number of nitrogens with one attached hydrogen (secondary N) is 2. The predicted molar refractivity (Wildman–Crippen MR) is 151 cm³/mol. The standard InChI is InChI=1S/C30H31Cl2N3O4/c1-17-14-18(15-26(37)34-17)12-13-33-29(38)27-20-6-2-3-7-21(20)30(39)35(24-8-4-5-9-25(24)36)28(27)22-11-10-19(31)16-23(22)32/h2-3,6-7,10-11,14-16,24-25,27-28,36H,4-5,8-9,12-13H2,1H3,(H,33,38)(H,34,37). The average molecular weight is 569 g/mol. The van der Waals surface area contributed by atoms with E-state index in [4.69, 9.17) is 23.2 Å². The van der Waals surface area contributed by atoms with Crippen molar-refractivity contribution in [2.45, 2.75) is 63.1 Å². The molecule has 1 aliphatic heterocycles. The van der Waals surface area contributed by atoms with Crippen LogP contribution in [0.15, 0.2) is 59.4 Å². The van der Waals surface area contributed by atoms with E-state index in [1.807, 2.05) is 25.1 Å². The summed E-state index contributed by atoms with van der Waals surface area (Å²) in [6.45, 7) is 2.12. The van der Waals surface area contributed by atoms with Crippen LogP contribution in [0.3, 0.4) is 0 Å². The van der Waals surface area contributed by atoms with Crippen LogP contribution in [0.5, 0.6) is 0 Å². The number of nitrogens with zero attached hydrogens (tertiary/aromatic N) is 1. The zero-order chi connectivity index (χ0) is 27.7. The number of pyridine rings is 1. The van der Waals surface area contributed by atoms with E-state index in [0.29, 0.717) is 52.5 Å². The van der Waals surface area contributed by atoms with E-state index < -0.39 is 24.1 Å². The first-order valence-electron chi connectivity index (χ1n) is 13.3. The van der Waals surface area contributed by atoms with Crippen LogP contribution in [0.2, 0.25) is 10.0 Å². The van der Waals surface area contributed by atoms with Gasteiger partial charge in [0.2, 0.25) is 11.5 Å². The molecule has 1 aromatic heterocycles. The minimum absolute atomic E-state index is 0.185. The highest BCUT2D eigenvalue weighted by Crippen LogP contribution is 2.47. The number of aliphatic hydroxyl groups is 1. The van der Waals surface area contributed by atoms with Crippen LogP contribution in [0.25, 0.3) is 0 Å². The van der Waals surface area contributed by atoms with E-state index in [1.54, 1.807) is 35.2 Å². The molecule has 0 spiro atoms. The van der Waals surface area contributed by atoms with E-state index in [0.717, 1.165) is 24.1 Å². The molecule has 7 nitrogen and oxygen atoms in total. The first-order valence-corrected chi connectivity index (χ1v) is 14.0. The smallest absolute Gasteiger partial charge is 0.255 e. The highest BCUT2D eigenvalue weighted by atomic mass is 35.5. The summed E-state index contributed by atoms with van der Waals surface area (Å²) in [6, 6.07) is 14.4. The highest BCUT2D eigenvalue weighted by Gasteiger charge is 2.48. The molecule has 3 N–H and O–H groups in total. The first-order chi connectivity index (χ1) is 18.7. The lowest BCUT2D eigenvalue weighted by molar-refractivity contribution is -0.125. The molecule has 9 heteroatoms. The minimum atomic E-state index is -0.771. The summed E-state index contributed by atoms with van der Waals surface area (Å²) in [5.41, 5.74) is 3.05. The second-order valence-electron chi connectivity index (χ2n) is 10.4. The number of hydrogen-bond donors (Lipinski definition) is 3. The van der Waals surface area contributed by atoms with E-state index in [2.05, 4.69) is 10.3 Å². The number of benzene rings is 2. The number of halogens is 2. The Morgan fingerprint density at radius 2 is 1.82 bits per heavy atom. The minimum Gasteiger partial charge on any atom is -0.391 e. The summed E-state index contributed by atoms with van der Waals surface area (Å²) in [5, 5.41) is 14.9. The van der Waals surface area contributed by atoms with Crippen molar-refractivity contribution in [3.8, 4) is 0 Å². The van der Waals surface area contributed by atoms with Crippen molar-refractivity contribution in [3.05, 3.63) is 103 Å². The molecular formula is C30H31Cl2N3O4. The summed E-state index contributed by atoms with van der Waals surface area (Å²) in [5.74, 6) is -1.26. The Hall–Kier alpha value is -3.13. The van der Waals surface area contributed by atoms with Gasteiger partial charge in [0, 0.05) is 33.9 Å². The fourth-order valence-electron chi connectivity index (χ4n) is 6.03. The normalized spacial score (nSPS) is 22.9. The maximum Gasteiger partial charge on any atom is 0.255 e. The van der Waals surface area contributed by atoms with Gasteiger partial charge < -0.3 is 20.3 Å². The van der Waals surface area contributed by atoms with Gasteiger partial charge in [0.25, 0.3) is 5.91 Å². The molecular weight excluding hydrogens is 537 g/mol. The highest BCUT2D eigenvalue weighted by molar-refractivity contribution is 6.35. The number of rotatable bonds is 6. The van der Waals surface area contributed by atoms with Crippen LogP contribution >= 0.6 is 23.2 Å². The molecule has 5 rings (SSSR count). The number of fused-ring (bicyclic) bond motifs is 1. The summed E-state index contributed by atoms with van der Waals surface area (Å²) < 4.78 is 0. The van der Waals surface area contributed by atoms with Gasteiger partial charge in [0.05, 0.1) is 24.1 Å². The molecule has 2 aromatic carbocycles. The fraction of sp³-hybridized carbons (Fsp3) is 0.367. The largest absolute Gasteiger partial charge is 0.391 e. The van der Waals surface area contributed by atoms with E-state index in [-0.39, 0.29) is 17.4 Å². The molecule has 3 aromatic rings. The second-order valence-corrected chi connectivity index (χ2v) is 11.2. The number of aryl methyl sites for hydroxylation is 1. The molecule has 4 unspecified atom stereocenters. The Kier molecular flexibility index (Phi) is 8.12. The monoisotopic (exact) mass is 567 g/mol. The van der Waals surface area contributed by atoms with Crippen molar-refractivity contribution in [3.63, 3.8) is 0 Å². The molecule has 39 heavy (non-hydrogen) atoms. The van der Waals surface area contributed by atoms with Crippen LogP contribution in [0, 0.1) is 6.92 Å². The molecule has 2 amide bonds. The topological polar surface area (TPSA) is 102 Å². The number of amides is 2. The van der Waals surface area contributed by atoms with Gasteiger partial charge in [0.15, 0.2) is 0 Å². The summed E-state index contributed by atoms with van der Waals surface area (Å²) in [4.78, 5) is 44.3. The van der Waals surface area contributed by atoms with Gasteiger partial charge >= 0.3 is 0 Å². The molecule has 4 atom stereocenters. The van der Waals surface area contributed by atoms with Gasteiger partial charge in [-0.25, -0.2) is 0 Å². The van der Waals surface area contributed by atoms with Crippen molar-refractivity contribution in [1.29, 1.82) is 0 Å². The molecule has 204 valence electrons. The predicted octanol–water partition coefficient (Wildman–Crippen LogP) is 4.93. The maximum absolute atomic E-state index is 14.0. The Labute approximate surface area is 237 Å². The Morgan fingerprint density at radius 1 is 1.05 bits per heavy atom. The molecule has 0 radical (unpaired) electrons. The number of aliphatic hydroxyl groups excluding tert-OH is 1. The summed E-state index contributed by atoms with van der Waals surface area (Å²) in [7, 11) is 0. The second kappa shape index (κ2) is 11.5. The van der Waals surface area contributed by atoms with E-state index >= 15 is 0 Å². The average Bonchev–Trinajstić information content (AvgIpc) is 2.89. The van der Waals surface area contributed by atoms with Gasteiger partial charge in [0.1, 0.15) is 0 Å². The van der Waals surface area contributed by atoms with Crippen molar-refractivity contribution in [2.75, 3.05) is 6.54 Å². The lowest BCUT2D eigenvalue weighted by Crippen LogP contribution is -2.55. The molecule has 0 saturated heterocycles. The third-order valence-corrected chi connectivity index (χ3v) is 8.31. The van der Waals surface area contributed by atoms with E-state index in [1.165, 1.54) is 6.07 Å². The first kappa shape index (κ1) is 27.4. The number of aromatic nitrogens is 1. The van der Waals surface area contributed by atoms with Gasteiger partial charge in [-0.15, -0.1) is 0 Å². The van der Waals surface area contributed by atoms with Crippen molar-refractivity contribution >= 4 is 35.0 Å². The Balaban J connectivity index is 1.56. The van der Waals surface area contributed by atoms with Crippen LogP contribution in [-0.4, -0.2) is 45.5 Å². The van der Waals surface area contributed by atoms with Crippen LogP contribution in [0.4, 0.5) is 0 Å². The number of aromatic amines is 1. The SMILES string of the molecule is Cc1cc(CCNC(=O)C2c3ccccc3C(=O)N(C3CCCCC3O)C2c2ccc(Cl)cc2Cl)cc(=O)[nH]1. The van der Waals surface area contributed by atoms with Crippen molar-refractivity contribution < 1.29 is 14.7 Å². The molecule has 2 heterocycles. The molecule has 1 fully saturated rings. The lowest BCUT2D eigenvalue weighted by Gasteiger charge is -2.48. The summed E-state index contributed by atoms with van der Waals surface area (Å²) in [6.07, 6.45) is 2.75. The number of hydrogen-bond acceptors (Lipinski definition) is 4. The Morgan fingerprint density at radius 3 is 2.56 bits per heavy atom. The van der Waals surface area contributed by atoms with Crippen LogP contribution in [0.1, 0.15) is 70.4 Å². The van der Waals surface area contributed by atoms with Gasteiger partial charge in [-0.05, 0) is 67.1 Å². The summed E-state index contributed by atoms with van der Waals surface area (Å²) >= 11 is 12.9. The third-order valence-electron chi connectivity index (χ3n) is 7.74. The van der Waals surface area contributed by atoms with E-state index in [9.17, 15) is 19.5 Å². The van der Waals surface area contributed by atoms with Gasteiger partial charge in [-0.3, -0.25) is 14.4 Å². The van der Waals surface area contributed by atoms with Gasteiger partial charge in [-0.1, -0.05) is 60.3 Å². The fourth-order valence-corrected chi connectivity index (χ4v) is 6.55. The van der Waals surface area contributed by atoms with Crippen molar-refractivity contribution in [1.82, 2.24) is 15.2 Å². The number of carbonyl (C=O) groups is 2. The van der Waals surface area contributed by atoms with Gasteiger partial charge in [-0.2, -0.15) is 0 Å². The quantitative estimate of drug-likeness (QED) is 0.392. The zero-order valence-corrected chi connectivity index (χ0v) is 23.1. The molecule has 2 aliphatic rings. The van der Waals surface area contributed by atoms with Crippen LogP contribution in [-0.2, 0) is 11.2 Å².